The SMILES string of the molecule is CC(C)(C)OC(=O)[C@H](Cc1ccccc1I)N(C(=O)OC(C)(C)C)C(=O)OC(C)(C)C. The molecule has 0 heterocycles. The van der Waals surface area contributed by atoms with Crippen molar-refractivity contribution < 1.29 is 28.6 Å². The van der Waals surface area contributed by atoms with Gasteiger partial charge in [0.15, 0.2) is 0 Å². The van der Waals surface area contributed by atoms with Crippen LogP contribution in [-0.2, 0) is 25.4 Å². The number of hydrogen-bond donors (Lipinski definition) is 0. The number of benzene rings is 1. The van der Waals surface area contributed by atoms with Crippen molar-refractivity contribution in [2.75, 3.05) is 0 Å². The van der Waals surface area contributed by atoms with Crippen molar-refractivity contribution in [2.45, 2.75) is 91.6 Å². The molecular weight excluding hydrogens is 513 g/mol. The first-order valence-electron chi connectivity index (χ1n) is 10.1. The van der Waals surface area contributed by atoms with E-state index in [1.807, 2.05) is 24.3 Å². The van der Waals surface area contributed by atoms with Crippen molar-refractivity contribution in [2.24, 2.45) is 0 Å². The van der Waals surface area contributed by atoms with Gasteiger partial charge in [-0.15, -0.1) is 0 Å². The maximum absolute atomic E-state index is 13.2. The minimum absolute atomic E-state index is 0.0620. The Kier molecular flexibility index (Phi) is 8.94. The Labute approximate surface area is 198 Å². The molecule has 0 saturated carbocycles. The molecular formula is C23H34INO6. The summed E-state index contributed by atoms with van der Waals surface area (Å²) in [5.74, 6) is -0.719. The molecule has 0 aliphatic carbocycles. The molecule has 0 fully saturated rings. The Morgan fingerprint density at radius 2 is 1.23 bits per heavy atom. The third-order valence-corrected chi connectivity index (χ3v) is 4.59. The molecule has 8 heteroatoms. The maximum atomic E-state index is 13.2. The lowest BCUT2D eigenvalue weighted by atomic mass is 10.0. The fourth-order valence-corrected chi connectivity index (χ4v) is 3.08. The zero-order chi connectivity index (χ0) is 24.2. The van der Waals surface area contributed by atoms with Crippen LogP contribution in [0.5, 0.6) is 0 Å². The Balaban J connectivity index is 3.49. The summed E-state index contributed by atoms with van der Waals surface area (Å²) in [6, 6.07) is 6.15. The van der Waals surface area contributed by atoms with Crippen LogP contribution in [0.3, 0.4) is 0 Å². The minimum atomic E-state index is -1.26. The standard InChI is InChI=1S/C23H34INO6/c1-21(2,3)29-18(26)17(14-15-12-10-11-13-16(15)24)25(19(27)30-22(4,5)6)20(28)31-23(7,8)9/h10-13,17H,14H2,1-9H3/t17-/m0/s1. The molecule has 7 nitrogen and oxygen atoms in total. The number of rotatable bonds is 4. The summed E-state index contributed by atoms with van der Waals surface area (Å²) < 4.78 is 17.3. The average molecular weight is 547 g/mol. The highest BCUT2D eigenvalue weighted by Gasteiger charge is 2.42. The van der Waals surface area contributed by atoms with Crippen molar-refractivity contribution in [1.82, 2.24) is 4.90 Å². The highest BCUT2D eigenvalue weighted by molar-refractivity contribution is 14.1. The van der Waals surface area contributed by atoms with Crippen LogP contribution in [0.2, 0.25) is 0 Å². The van der Waals surface area contributed by atoms with Crippen molar-refractivity contribution in [3.05, 3.63) is 33.4 Å². The third kappa shape index (κ3) is 9.88. The van der Waals surface area contributed by atoms with E-state index in [2.05, 4.69) is 22.6 Å². The van der Waals surface area contributed by atoms with Gasteiger partial charge < -0.3 is 14.2 Å². The van der Waals surface area contributed by atoms with Gasteiger partial charge in [-0.3, -0.25) is 0 Å². The number of carbonyl (C=O) groups is 3. The predicted molar refractivity (Wildman–Crippen MR) is 127 cm³/mol. The fraction of sp³-hybridized carbons (Fsp3) is 0.609. The summed E-state index contributed by atoms with van der Waals surface area (Å²) in [5, 5.41) is 0. The maximum Gasteiger partial charge on any atom is 0.420 e. The first kappa shape index (κ1) is 27.2. The first-order chi connectivity index (χ1) is 13.9. The van der Waals surface area contributed by atoms with E-state index >= 15 is 0 Å². The van der Waals surface area contributed by atoms with Gasteiger partial charge in [-0.05, 0) is 96.5 Å². The smallest absolute Gasteiger partial charge is 0.420 e. The van der Waals surface area contributed by atoms with Gasteiger partial charge in [-0.1, -0.05) is 18.2 Å². The van der Waals surface area contributed by atoms with Crippen molar-refractivity contribution in [3.8, 4) is 0 Å². The molecule has 0 aromatic heterocycles. The largest absolute Gasteiger partial charge is 0.458 e. The van der Waals surface area contributed by atoms with E-state index in [1.54, 1.807) is 62.3 Å². The Morgan fingerprint density at radius 3 is 1.61 bits per heavy atom. The van der Waals surface area contributed by atoms with Gasteiger partial charge in [0.2, 0.25) is 0 Å². The highest BCUT2D eigenvalue weighted by atomic mass is 127. The molecule has 1 rings (SSSR count). The second-order valence-electron chi connectivity index (χ2n) is 10.2. The number of imide groups is 1. The summed E-state index contributed by atoms with van der Waals surface area (Å²) in [5.41, 5.74) is -1.78. The molecule has 0 radical (unpaired) electrons. The van der Waals surface area contributed by atoms with Gasteiger partial charge in [0.1, 0.15) is 22.8 Å². The van der Waals surface area contributed by atoms with Crippen LogP contribution < -0.4 is 0 Å². The van der Waals surface area contributed by atoms with Crippen LogP contribution >= 0.6 is 22.6 Å². The summed E-state index contributed by atoms with van der Waals surface area (Å²) in [7, 11) is 0. The summed E-state index contributed by atoms with van der Waals surface area (Å²) in [6.07, 6.45) is -1.88. The quantitative estimate of drug-likeness (QED) is 0.273. The predicted octanol–water partition coefficient (Wildman–Crippen LogP) is 5.72. The molecule has 0 aliphatic heterocycles. The molecule has 0 spiro atoms. The van der Waals surface area contributed by atoms with E-state index < -0.39 is 41.0 Å². The van der Waals surface area contributed by atoms with E-state index in [4.69, 9.17) is 14.2 Å². The van der Waals surface area contributed by atoms with Gasteiger partial charge in [0.05, 0.1) is 0 Å². The molecule has 0 unspecified atom stereocenters. The van der Waals surface area contributed by atoms with Gasteiger partial charge >= 0.3 is 18.2 Å². The van der Waals surface area contributed by atoms with Crippen molar-refractivity contribution >= 4 is 40.7 Å². The third-order valence-electron chi connectivity index (χ3n) is 3.54. The van der Waals surface area contributed by atoms with Gasteiger partial charge in [-0.2, -0.15) is 4.90 Å². The van der Waals surface area contributed by atoms with Crippen LogP contribution in [0.4, 0.5) is 9.59 Å². The van der Waals surface area contributed by atoms with Crippen LogP contribution in [-0.4, -0.2) is 45.9 Å². The normalized spacial score (nSPS) is 13.2. The zero-order valence-electron chi connectivity index (χ0n) is 19.9. The summed E-state index contributed by atoms with van der Waals surface area (Å²) >= 11 is 2.14. The van der Waals surface area contributed by atoms with Crippen molar-refractivity contribution in [3.63, 3.8) is 0 Å². The van der Waals surface area contributed by atoms with E-state index in [0.717, 1.165) is 14.0 Å². The van der Waals surface area contributed by atoms with Gasteiger partial charge in [0, 0.05) is 9.99 Å². The highest BCUT2D eigenvalue weighted by Crippen LogP contribution is 2.23. The molecule has 0 N–H and O–H groups in total. The Bertz CT molecular complexity index is 774. The molecule has 31 heavy (non-hydrogen) atoms. The average Bonchev–Trinajstić information content (AvgIpc) is 2.50. The second kappa shape index (κ2) is 10.2. The number of carbonyl (C=O) groups excluding carboxylic acids is 3. The zero-order valence-corrected chi connectivity index (χ0v) is 22.0. The lowest BCUT2D eigenvalue weighted by Crippen LogP contribution is -2.54. The molecule has 174 valence electrons. The van der Waals surface area contributed by atoms with Crippen LogP contribution in [0.1, 0.15) is 67.9 Å². The molecule has 2 amide bonds. The van der Waals surface area contributed by atoms with Gasteiger partial charge in [-0.25, -0.2) is 14.4 Å². The second-order valence-corrected chi connectivity index (χ2v) is 11.3. The van der Waals surface area contributed by atoms with E-state index in [-0.39, 0.29) is 6.42 Å². The number of esters is 1. The van der Waals surface area contributed by atoms with E-state index in [9.17, 15) is 14.4 Å². The molecule has 0 aliphatic rings. The minimum Gasteiger partial charge on any atom is -0.458 e. The summed E-state index contributed by atoms with van der Waals surface area (Å²) in [6.45, 7) is 15.3. The fourth-order valence-electron chi connectivity index (χ4n) is 2.47. The molecule has 0 saturated heterocycles. The van der Waals surface area contributed by atoms with Gasteiger partial charge in [0.25, 0.3) is 0 Å². The van der Waals surface area contributed by atoms with Crippen LogP contribution in [0.15, 0.2) is 24.3 Å². The molecule has 0 bridgehead atoms. The number of amides is 2. The lowest BCUT2D eigenvalue weighted by molar-refractivity contribution is -0.161. The Morgan fingerprint density at radius 1 is 0.806 bits per heavy atom. The molecule has 1 aromatic carbocycles. The Hall–Kier alpha value is -1.84. The van der Waals surface area contributed by atoms with Crippen LogP contribution in [0.25, 0.3) is 0 Å². The summed E-state index contributed by atoms with van der Waals surface area (Å²) in [4.78, 5) is 40.0. The van der Waals surface area contributed by atoms with E-state index in [1.165, 1.54) is 0 Å². The monoisotopic (exact) mass is 547 g/mol. The van der Waals surface area contributed by atoms with Crippen LogP contribution in [0, 0.1) is 3.57 Å². The number of nitrogens with zero attached hydrogens (tertiary/aromatic N) is 1. The van der Waals surface area contributed by atoms with Crippen molar-refractivity contribution in [1.29, 1.82) is 0 Å². The molecule has 1 atom stereocenters. The number of halogens is 1. The first-order valence-corrected chi connectivity index (χ1v) is 11.2. The molecule has 1 aromatic rings. The van der Waals surface area contributed by atoms with E-state index in [0.29, 0.717) is 0 Å². The number of hydrogen-bond acceptors (Lipinski definition) is 6. The topological polar surface area (TPSA) is 82.1 Å². The number of ether oxygens (including phenoxy) is 3. The lowest BCUT2D eigenvalue weighted by Gasteiger charge is -2.34.